The molecule has 20 heavy (non-hydrogen) atoms. The standard InChI is InChI=1S/C15H18ClN3O/c1-9(2)13-14(16)17-8-18-15(13)19-11-7-10(3)5-6-12(11)20-4/h5-9H,1-4H3,(H,17,18,19). The molecule has 0 amide bonds. The van der Waals surface area contributed by atoms with E-state index in [2.05, 4.69) is 29.1 Å². The summed E-state index contributed by atoms with van der Waals surface area (Å²) in [5, 5.41) is 3.77. The maximum Gasteiger partial charge on any atom is 0.142 e. The Morgan fingerprint density at radius 1 is 1.25 bits per heavy atom. The molecule has 0 aliphatic rings. The number of methoxy groups -OCH3 is 1. The minimum absolute atomic E-state index is 0.224. The second-order valence-electron chi connectivity index (χ2n) is 4.91. The number of ether oxygens (including phenoxy) is 1. The lowest BCUT2D eigenvalue weighted by atomic mass is 10.1. The lowest BCUT2D eigenvalue weighted by Crippen LogP contribution is -2.04. The molecule has 0 bridgehead atoms. The van der Waals surface area contributed by atoms with Crippen molar-refractivity contribution in [2.45, 2.75) is 26.7 Å². The molecule has 1 heterocycles. The summed E-state index contributed by atoms with van der Waals surface area (Å²) in [5.74, 6) is 1.70. The van der Waals surface area contributed by atoms with Crippen molar-refractivity contribution in [1.82, 2.24) is 9.97 Å². The quantitative estimate of drug-likeness (QED) is 0.853. The molecule has 2 aromatic rings. The van der Waals surface area contributed by atoms with Gasteiger partial charge in [0.1, 0.15) is 23.0 Å². The highest BCUT2D eigenvalue weighted by Gasteiger charge is 2.15. The minimum atomic E-state index is 0.224. The number of hydrogen-bond donors (Lipinski definition) is 1. The normalized spacial score (nSPS) is 10.7. The number of nitrogens with one attached hydrogen (secondary N) is 1. The minimum Gasteiger partial charge on any atom is -0.495 e. The van der Waals surface area contributed by atoms with E-state index in [9.17, 15) is 0 Å². The van der Waals surface area contributed by atoms with Gasteiger partial charge >= 0.3 is 0 Å². The molecule has 4 nitrogen and oxygen atoms in total. The summed E-state index contributed by atoms with van der Waals surface area (Å²) in [6, 6.07) is 5.94. The van der Waals surface area contributed by atoms with Crippen LogP contribution in [0.4, 0.5) is 11.5 Å². The van der Waals surface area contributed by atoms with Crippen LogP contribution in [0.3, 0.4) is 0 Å². The van der Waals surface area contributed by atoms with Crippen LogP contribution in [0.5, 0.6) is 5.75 Å². The number of halogens is 1. The van der Waals surface area contributed by atoms with Crippen LogP contribution in [0.25, 0.3) is 0 Å². The maximum absolute atomic E-state index is 6.17. The Morgan fingerprint density at radius 3 is 2.65 bits per heavy atom. The molecule has 0 spiro atoms. The van der Waals surface area contributed by atoms with E-state index in [1.54, 1.807) is 7.11 Å². The van der Waals surface area contributed by atoms with Crippen molar-refractivity contribution in [1.29, 1.82) is 0 Å². The van der Waals surface area contributed by atoms with Crippen LogP contribution in [0.1, 0.15) is 30.9 Å². The van der Waals surface area contributed by atoms with Gasteiger partial charge in [-0.15, -0.1) is 0 Å². The lowest BCUT2D eigenvalue weighted by Gasteiger charge is -2.16. The first-order chi connectivity index (χ1) is 9.52. The van der Waals surface area contributed by atoms with Crippen LogP contribution < -0.4 is 10.1 Å². The number of benzene rings is 1. The Kier molecular flexibility index (Phi) is 4.45. The van der Waals surface area contributed by atoms with Crippen LogP contribution in [0, 0.1) is 6.92 Å². The smallest absolute Gasteiger partial charge is 0.142 e. The molecule has 0 atom stereocenters. The van der Waals surface area contributed by atoms with E-state index >= 15 is 0 Å². The molecule has 2 rings (SSSR count). The topological polar surface area (TPSA) is 47.0 Å². The van der Waals surface area contributed by atoms with Gasteiger partial charge in [-0.25, -0.2) is 9.97 Å². The molecule has 5 heteroatoms. The predicted molar refractivity (Wildman–Crippen MR) is 82.1 cm³/mol. The Balaban J connectivity index is 2.45. The van der Waals surface area contributed by atoms with Crippen molar-refractivity contribution >= 4 is 23.1 Å². The average molecular weight is 292 g/mol. The molecule has 0 radical (unpaired) electrons. The van der Waals surface area contributed by atoms with Gasteiger partial charge in [-0.1, -0.05) is 31.5 Å². The number of hydrogen-bond acceptors (Lipinski definition) is 4. The lowest BCUT2D eigenvalue weighted by molar-refractivity contribution is 0.416. The highest BCUT2D eigenvalue weighted by atomic mass is 35.5. The van der Waals surface area contributed by atoms with Gasteiger partial charge < -0.3 is 10.1 Å². The monoisotopic (exact) mass is 291 g/mol. The van der Waals surface area contributed by atoms with E-state index < -0.39 is 0 Å². The summed E-state index contributed by atoms with van der Waals surface area (Å²) < 4.78 is 5.36. The van der Waals surface area contributed by atoms with Crippen LogP contribution in [0.15, 0.2) is 24.5 Å². The van der Waals surface area contributed by atoms with Gasteiger partial charge in [0.2, 0.25) is 0 Å². The van der Waals surface area contributed by atoms with Gasteiger partial charge in [0.05, 0.1) is 12.8 Å². The van der Waals surface area contributed by atoms with Gasteiger partial charge in [-0.2, -0.15) is 0 Å². The molecular weight excluding hydrogens is 274 g/mol. The summed E-state index contributed by atoms with van der Waals surface area (Å²) >= 11 is 6.17. The van der Waals surface area contributed by atoms with Crippen molar-refractivity contribution in [3.63, 3.8) is 0 Å². The predicted octanol–water partition coefficient (Wildman–Crippen LogP) is 4.31. The summed E-state index contributed by atoms with van der Waals surface area (Å²) in [4.78, 5) is 8.34. The second kappa shape index (κ2) is 6.09. The Morgan fingerprint density at radius 2 is 2.00 bits per heavy atom. The summed E-state index contributed by atoms with van der Waals surface area (Å²) in [6.45, 7) is 6.15. The molecule has 0 saturated heterocycles. The van der Waals surface area contributed by atoms with Gasteiger partial charge in [-0.05, 0) is 30.5 Å². The Bertz CT molecular complexity index is 614. The van der Waals surface area contributed by atoms with Crippen molar-refractivity contribution in [2.24, 2.45) is 0 Å². The number of nitrogens with zero attached hydrogens (tertiary/aromatic N) is 2. The first-order valence-electron chi connectivity index (χ1n) is 6.45. The zero-order chi connectivity index (χ0) is 14.7. The molecule has 1 aromatic heterocycles. The van der Waals surface area contributed by atoms with E-state index in [-0.39, 0.29) is 5.92 Å². The fourth-order valence-electron chi connectivity index (χ4n) is 2.03. The molecule has 106 valence electrons. The van der Waals surface area contributed by atoms with Gasteiger partial charge in [0.15, 0.2) is 0 Å². The third-order valence-corrected chi connectivity index (χ3v) is 3.32. The van der Waals surface area contributed by atoms with Crippen molar-refractivity contribution in [3.05, 3.63) is 40.8 Å². The molecule has 1 aromatic carbocycles. The van der Waals surface area contributed by atoms with Gasteiger partial charge in [-0.3, -0.25) is 0 Å². The fraction of sp³-hybridized carbons (Fsp3) is 0.333. The molecule has 0 aliphatic carbocycles. The third-order valence-electron chi connectivity index (χ3n) is 3.02. The van der Waals surface area contributed by atoms with E-state index in [0.717, 1.165) is 22.6 Å². The zero-order valence-corrected chi connectivity index (χ0v) is 12.8. The van der Waals surface area contributed by atoms with E-state index in [4.69, 9.17) is 16.3 Å². The van der Waals surface area contributed by atoms with Crippen LogP contribution in [-0.2, 0) is 0 Å². The molecular formula is C15H18ClN3O. The first-order valence-corrected chi connectivity index (χ1v) is 6.82. The van der Waals surface area contributed by atoms with Crippen molar-refractivity contribution in [3.8, 4) is 5.75 Å². The van der Waals surface area contributed by atoms with Crippen LogP contribution >= 0.6 is 11.6 Å². The van der Waals surface area contributed by atoms with Crippen molar-refractivity contribution < 1.29 is 4.74 Å². The van der Waals surface area contributed by atoms with E-state index in [1.165, 1.54) is 6.33 Å². The SMILES string of the molecule is COc1ccc(C)cc1Nc1ncnc(Cl)c1C(C)C. The van der Waals surface area contributed by atoms with Crippen molar-refractivity contribution in [2.75, 3.05) is 12.4 Å². The molecule has 0 unspecified atom stereocenters. The van der Waals surface area contributed by atoms with E-state index in [0.29, 0.717) is 11.0 Å². The summed E-state index contributed by atoms with van der Waals surface area (Å²) in [5.41, 5.74) is 2.90. The molecule has 1 N–H and O–H groups in total. The maximum atomic E-state index is 6.17. The molecule has 0 saturated carbocycles. The fourth-order valence-corrected chi connectivity index (χ4v) is 2.38. The number of aromatic nitrogens is 2. The largest absolute Gasteiger partial charge is 0.495 e. The van der Waals surface area contributed by atoms with Crippen LogP contribution in [0.2, 0.25) is 5.15 Å². The van der Waals surface area contributed by atoms with Crippen LogP contribution in [-0.4, -0.2) is 17.1 Å². The van der Waals surface area contributed by atoms with Gasteiger partial charge in [0.25, 0.3) is 0 Å². The average Bonchev–Trinajstić information content (AvgIpc) is 2.38. The Labute approximate surface area is 124 Å². The van der Waals surface area contributed by atoms with Gasteiger partial charge in [0, 0.05) is 5.56 Å². The molecule has 0 aliphatic heterocycles. The summed E-state index contributed by atoms with van der Waals surface area (Å²) in [7, 11) is 1.64. The van der Waals surface area contributed by atoms with E-state index in [1.807, 2.05) is 25.1 Å². The highest BCUT2D eigenvalue weighted by molar-refractivity contribution is 6.30. The summed E-state index contributed by atoms with van der Waals surface area (Å²) in [6.07, 6.45) is 1.46. The molecule has 0 fully saturated rings. The second-order valence-corrected chi connectivity index (χ2v) is 5.27. The number of aryl methyl sites for hydroxylation is 1. The highest BCUT2D eigenvalue weighted by Crippen LogP contribution is 2.33. The number of anilines is 2. The zero-order valence-electron chi connectivity index (χ0n) is 12.1. The third kappa shape index (κ3) is 3.02. The first kappa shape index (κ1) is 14.6. The number of rotatable bonds is 4. The Hall–Kier alpha value is -1.81.